The first-order valence-electron chi connectivity index (χ1n) is 16.8. The minimum atomic E-state index is -0.942. The lowest BCUT2D eigenvalue weighted by atomic mass is 10.1. The monoisotopic (exact) mass is 692 g/mol. The fourth-order valence-corrected chi connectivity index (χ4v) is 5.70. The van der Waals surface area contributed by atoms with Gasteiger partial charge in [0.1, 0.15) is 0 Å². The molecule has 2 heterocycles. The maximum atomic E-state index is 12.4. The number of rotatable bonds is 6. The number of likely N-dealkylation sites (tertiary alicyclic amines) is 1. The normalized spacial score (nSPS) is 17.4. The number of carbonyl (C=O) groups is 4. The van der Waals surface area contributed by atoms with Crippen LogP contribution in [0.25, 0.3) is 0 Å². The second-order valence-electron chi connectivity index (χ2n) is 12.1. The number of piperidine rings is 2. The molecule has 0 atom stereocenters. The molecule has 2 aliphatic carbocycles. The third-order valence-electron chi connectivity index (χ3n) is 8.65. The molecule has 1 amide bonds. The minimum absolute atomic E-state index is 0.123. The number of benzene rings is 2. The molecular formula is C37H49N4O5PS. The number of hydrogen-bond acceptors (Lipinski definition) is 8. The topological polar surface area (TPSA) is 128 Å². The van der Waals surface area contributed by atoms with E-state index < -0.39 is 5.97 Å². The number of carboxylic acid groups (broad SMARTS) is 1. The molecule has 258 valence electrons. The highest BCUT2D eigenvalue weighted by Crippen LogP contribution is 2.26. The average molecular weight is 693 g/mol. The third-order valence-corrected chi connectivity index (χ3v) is 8.65. The Morgan fingerprint density at radius 3 is 1.46 bits per heavy atom. The van der Waals surface area contributed by atoms with Crippen LogP contribution in [0.5, 0.6) is 0 Å². The first-order valence-corrected chi connectivity index (χ1v) is 19.1. The number of anilines is 2. The third kappa shape index (κ3) is 12.4. The van der Waals surface area contributed by atoms with Gasteiger partial charge in [0.25, 0.3) is 5.91 Å². The second kappa shape index (κ2) is 20.6. The maximum absolute atomic E-state index is 12.4. The summed E-state index contributed by atoms with van der Waals surface area (Å²) in [7, 11) is 1.00. The van der Waals surface area contributed by atoms with Gasteiger partial charge < -0.3 is 26.0 Å². The van der Waals surface area contributed by atoms with E-state index in [4.69, 9.17) is 5.11 Å². The van der Waals surface area contributed by atoms with Gasteiger partial charge in [-0.1, -0.05) is 18.2 Å². The predicted molar refractivity (Wildman–Crippen MR) is 198 cm³/mol. The molecule has 0 unspecified atom stereocenters. The molecule has 6 rings (SSSR count). The second-order valence-corrected chi connectivity index (χ2v) is 13.6. The zero-order chi connectivity index (χ0) is 34.9. The molecular weight excluding hydrogens is 643 g/mol. The van der Waals surface area contributed by atoms with Crippen LogP contribution >= 0.6 is 7.36 Å². The number of hydrogen-bond donors (Lipinski definition) is 4. The first-order chi connectivity index (χ1) is 23.1. The minimum Gasteiger partial charge on any atom is -0.478 e. The Balaban J connectivity index is 0.000000211. The van der Waals surface area contributed by atoms with Crippen molar-refractivity contribution in [2.24, 2.45) is 0 Å². The molecule has 2 saturated heterocycles. The number of aromatic carboxylic acids is 1. The smallest absolute Gasteiger partial charge is 0.335 e. The van der Waals surface area contributed by atoms with Crippen molar-refractivity contribution < 1.29 is 24.3 Å². The van der Waals surface area contributed by atoms with Crippen molar-refractivity contribution in [1.82, 2.24) is 10.2 Å². The number of carbonyl (C=O) groups excluding carboxylic acids is 3. The number of Topliss-reactive ketones (excluding diaryl/α,β-unsaturated/α-hetero) is 2. The molecule has 9 nitrogen and oxygen atoms in total. The molecule has 0 spiro atoms. The molecule has 2 fully saturated rings. The Hall–Kier alpha value is -3.72. The van der Waals surface area contributed by atoms with E-state index in [1.165, 1.54) is 50.9 Å². The lowest BCUT2D eigenvalue weighted by Crippen LogP contribution is -2.35. The van der Waals surface area contributed by atoms with Crippen molar-refractivity contribution in [3.05, 3.63) is 82.2 Å². The summed E-state index contributed by atoms with van der Waals surface area (Å²) in [5, 5.41) is 18.5. The summed E-state index contributed by atoms with van der Waals surface area (Å²) < 4.78 is 0. The quantitative estimate of drug-likeness (QED) is 0.227. The van der Waals surface area contributed by atoms with Gasteiger partial charge in [-0.2, -0.15) is 0 Å². The Bertz CT molecular complexity index is 1470. The zero-order valence-corrected chi connectivity index (χ0v) is 30.1. The van der Waals surface area contributed by atoms with Crippen molar-refractivity contribution in [1.29, 1.82) is 0 Å². The van der Waals surface area contributed by atoms with Gasteiger partial charge >= 0.3 is 5.97 Å². The van der Waals surface area contributed by atoms with Crippen LogP contribution in [-0.4, -0.2) is 66.3 Å². The van der Waals surface area contributed by atoms with E-state index in [1.807, 2.05) is 49.7 Å². The Morgan fingerprint density at radius 2 is 1.12 bits per heavy atom. The Kier molecular flexibility index (Phi) is 16.6. The molecule has 48 heavy (non-hydrogen) atoms. The molecule has 0 saturated carbocycles. The van der Waals surface area contributed by atoms with Gasteiger partial charge in [0.15, 0.2) is 11.6 Å². The van der Waals surface area contributed by atoms with Crippen LogP contribution in [0.3, 0.4) is 0 Å². The first kappa shape index (κ1) is 38.7. The number of carboxylic acids is 1. The maximum Gasteiger partial charge on any atom is 0.335 e. The number of allylic oxidation sites excluding steroid dienone is 4. The number of ketones is 2. The highest BCUT2D eigenvalue weighted by molar-refractivity contribution is 7.96. The van der Waals surface area contributed by atoms with E-state index in [0.717, 1.165) is 85.6 Å². The summed E-state index contributed by atoms with van der Waals surface area (Å²) in [4.78, 5) is 47.9. The van der Waals surface area contributed by atoms with Crippen molar-refractivity contribution in [2.45, 2.75) is 78.1 Å². The van der Waals surface area contributed by atoms with Crippen molar-refractivity contribution >= 4 is 54.0 Å². The molecule has 4 N–H and O–H groups in total. The van der Waals surface area contributed by atoms with Crippen LogP contribution in [0.2, 0.25) is 0 Å². The molecule has 2 aromatic carbocycles. The van der Waals surface area contributed by atoms with Crippen LogP contribution < -0.4 is 16.0 Å². The highest BCUT2D eigenvalue weighted by atomic mass is 32.4. The van der Waals surface area contributed by atoms with Crippen molar-refractivity contribution in [3.8, 4) is 0 Å². The van der Waals surface area contributed by atoms with E-state index in [0.29, 0.717) is 12.8 Å². The van der Waals surface area contributed by atoms with Crippen molar-refractivity contribution in [3.63, 3.8) is 0 Å². The van der Waals surface area contributed by atoms with Gasteiger partial charge in [0.2, 0.25) is 0 Å². The van der Waals surface area contributed by atoms with Gasteiger partial charge in [-0.25, -0.2) is 4.79 Å². The fraction of sp³-hybridized carbons (Fsp3) is 0.459. The Morgan fingerprint density at radius 1 is 0.708 bits per heavy atom. The number of amides is 1. The summed E-state index contributed by atoms with van der Waals surface area (Å²) in [5.41, 5.74) is 6.25. The van der Waals surface area contributed by atoms with E-state index in [2.05, 4.69) is 27.8 Å². The number of nitrogens with one attached hydrogen (secondary N) is 3. The summed E-state index contributed by atoms with van der Waals surface area (Å²) >= 11 is 4.37. The fourth-order valence-electron chi connectivity index (χ4n) is 5.70. The molecule has 2 aliphatic heterocycles. The van der Waals surface area contributed by atoms with Crippen LogP contribution in [-0.2, 0) is 21.4 Å². The lowest BCUT2D eigenvalue weighted by Gasteiger charge is -2.26. The summed E-state index contributed by atoms with van der Waals surface area (Å²) in [6.07, 6.45) is 10.3. The largest absolute Gasteiger partial charge is 0.478 e. The standard InChI is InChI=1S/C18H22N2O2.C13H13NO3.C5H11N.CH3PS/c1-13-16(9-10-17(13)21)19-15-7-5-14(6-8-15)18(22)20-11-3-2-4-12-20;1-8-11(6-7-12(8)15)14-10-4-2-9(3-5-10)13(16)17;1-2-4-6-5-3-1;1-2-3/h5-8,19H,2-4,9-12H2,1H3;2-5,14H,6-7H2,1H3,(H,16,17);6H,1-5H2;1H3. The van der Waals surface area contributed by atoms with E-state index in [9.17, 15) is 19.2 Å². The van der Waals surface area contributed by atoms with Gasteiger partial charge in [-0.3, -0.25) is 14.4 Å². The lowest BCUT2D eigenvalue weighted by molar-refractivity contribution is -0.115. The summed E-state index contributed by atoms with van der Waals surface area (Å²) in [6, 6.07) is 14.0. The van der Waals surface area contributed by atoms with Crippen molar-refractivity contribution in [2.75, 3.05) is 43.5 Å². The summed E-state index contributed by atoms with van der Waals surface area (Å²) in [5.74, 6) is -0.422. The van der Waals surface area contributed by atoms with Gasteiger partial charge in [0.05, 0.1) is 5.56 Å². The van der Waals surface area contributed by atoms with E-state index >= 15 is 0 Å². The molecule has 0 aromatic heterocycles. The van der Waals surface area contributed by atoms with Gasteiger partial charge in [-0.05, 0) is 134 Å². The van der Waals surface area contributed by atoms with Gasteiger partial charge in [-0.15, -0.1) is 0 Å². The predicted octanol–water partition coefficient (Wildman–Crippen LogP) is 7.58. The SMILES string of the molecule is C1CCNCC1.CC1=C(Nc2ccc(C(=O)N3CCCCC3)cc2)CCC1=O.CC1=C(Nc2ccc(C(=O)O)cc2)CCC1=O.CP=S. The average Bonchev–Trinajstić information content (AvgIpc) is 3.61. The zero-order valence-electron chi connectivity index (χ0n) is 28.4. The highest BCUT2D eigenvalue weighted by Gasteiger charge is 2.21. The van der Waals surface area contributed by atoms with Gasteiger partial charge in [0, 0.05) is 65.4 Å². The van der Waals surface area contributed by atoms with Crippen LogP contribution in [0.1, 0.15) is 98.8 Å². The summed E-state index contributed by atoms with van der Waals surface area (Å²) in [6.45, 7) is 9.82. The molecule has 4 aliphatic rings. The Labute approximate surface area is 291 Å². The molecule has 0 radical (unpaired) electrons. The van der Waals surface area contributed by atoms with Crippen LogP contribution in [0.4, 0.5) is 11.4 Å². The molecule has 2 aromatic rings. The molecule has 0 bridgehead atoms. The van der Waals surface area contributed by atoms with Crippen LogP contribution in [0.15, 0.2) is 71.1 Å². The van der Waals surface area contributed by atoms with E-state index in [1.54, 1.807) is 12.1 Å². The number of nitrogens with zero attached hydrogens (tertiary/aromatic N) is 1. The van der Waals surface area contributed by atoms with Crippen LogP contribution in [0, 0.1) is 0 Å². The van der Waals surface area contributed by atoms with E-state index in [-0.39, 0.29) is 23.0 Å². The molecule has 11 heteroatoms.